The lowest BCUT2D eigenvalue weighted by atomic mass is 10.0. The third kappa shape index (κ3) is 5.32. The molecule has 0 saturated carbocycles. The summed E-state index contributed by atoms with van der Waals surface area (Å²) in [5.41, 5.74) is 0.721. The molecule has 1 aliphatic rings. The Kier molecular flexibility index (Phi) is 8.12. The predicted octanol–water partition coefficient (Wildman–Crippen LogP) is 3.40. The summed E-state index contributed by atoms with van der Waals surface area (Å²) in [6.45, 7) is 5.20. The molecule has 0 bridgehead atoms. The van der Waals surface area contributed by atoms with Crippen LogP contribution in [0.25, 0.3) is 6.08 Å². The summed E-state index contributed by atoms with van der Waals surface area (Å²) in [4.78, 5) is 14.3. The number of aliphatic hydroxyl groups is 1. The monoisotopic (exact) mass is 490 g/mol. The molecule has 0 fully saturated rings. The number of carbonyl (C=O) groups excluding carboxylic acids is 1. The summed E-state index contributed by atoms with van der Waals surface area (Å²) in [7, 11) is -2.38. The average Bonchev–Trinajstić information content (AvgIpc) is 2.80. The molecule has 0 radical (unpaired) electrons. The molecule has 0 spiro atoms. The number of benzene rings is 2. The number of carbonyl (C=O) groups is 1. The Bertz CT molecular complexity index is 1170. The van der Waals surface area contributed by atoms with Gasteiger partial charge >= 0.3 is 0 Å². The smallest absolute Gasteiger partial charge is 0.256 e. The van der Waals surface area contributed by atoms with Gasteiger partial charge in [0.2, 0.25) is 10.0 Å². The molecule has 3 atom stereocenters. The number of hydrogen-bond donors (Lipinski definition) is 1. The van der Waals surface area contributed by atoms with Crippen molar-refractivity contribution >= 4 is 22.0 Å². The second kappa shape index (κ2) is 10.7. The van der Waals surface area contributed by atoms with Crippen LogP contribution in [0.3, 0.4) is 0 Å². The number of fused-ring (bicyclic) bond motifs is 1. The molecule has 2 aromatic rings. The highest BCUT2D eigenvalue weighted by molar-refractivity contribution is 7.89. The highest BCUT2D eigenvalue weighted by atomic mass is 32.2. The first-order valence-corrected chi connectivity index (χ1v) is 12.6. The van der Waals surface area contributed by atoms with Crippen molar-refractivity contribution in [1.29, 1.82) is 0 Å². The Morgan fingerprint density at radius 1 is 1.32 bits per heavy atom. The van der Waals surface area contributed by atoms with Crippen molar-refractivity contribution in [2.24, 2.45) is 5.92 Å². The number of ether oxygens (including phenoxy) is 1. The van der Waals surface area contributed by atoms with Gasteiger partial charge in [0.25, 0.3) is 5.91 Å². The van der Waals surface area contributed by atoms with Crippen molar-refractivity contribution < 1.29 is 27.4 Å². The van der Waals surface area contributed by atoms with E-state index in [0.29, 0.717) is 0 Å². The van der Waals surface area contributed by atoms with E-state index in [1.54, 1.807) is 32.2 Å². The standard InChI is InChI=1S/C25H31FN2O5S/c1-5-8-19-11-12-24-22(13-19)33-23(17(2)14-28(18(3)16-29)34(24,31)32)15-27(4)25(30)20-9-6-7-10-21(20)26/h5-13,17-18,23,29H,14-16H2,1-4H3/b8-5+/t17-,18-,23+/m0/s1. The number of sulfonamides is 1. The van der Waals surface area contributed by atoms with Crippen LogP contribution in [0.5, 0.6) is 5.75 Å². The molecule has 7 nitrogen and oxygen atoms in total. The average molecular weight is 491 g/mol. The SMILES string of the molecule is C/C=C/c1ccc2c(c1)O[C@H](CN(C)C(=O)c1ccccc1F)[C@@H](C)CN([C@@H](C)CO)S2(=O)=O. The Balaban J connectivity index is 2.01. The summed E-state index contributed by atoms with van der Waals surface area (Å²) in [6.07, 6.45) is 3.08. The zero-order chi connectivity index (χ0) is 25.0. The first kappa shape index (κ1) is 25.9. The van der Waals surface area contributed by atoms with Crippen LogP contribution < -0.4 is 4.74 Å². The maximum atomic E-state index is 14.2. The number of amides is 1. The fraction of sp³-hybridized carbons (Fsp3) is 0.400. The molecule has 0 saturated heterocycles. The third-order valence-corrected chi connectivity index (χ3v) is 7.97. The number of aliphatic hydroxyl groups excluding tert-OH is 1. The molecular weight excluding hydrogens is 459 g/mol. The van der Waals surface area contributed by atoms with E-state index in [1.165, 1.54) is 33.5 Å². The van der Waals surface area contributed by atoms with Crippen molar-refractivity contribution in [3.8, 4) is 5.75 Å². The quantitative estimate of drug-likeness (QED) is 0.671. The minimum Gasteiger partial charge on any atom is -0.487 e. The number of rotatable bonds is 6. The molecule has 3 rings (SSSR count). The Labute approximate surface area is 200 Å². The Hall–Kier alpha value is -2.75. The molecule has 0 aliphatic carbocycles. The van der Waals surface area contributed by atoms with Crippen LogP contribution in [0.2, 0.25) is 0 Å². The van der Waals surface area contributed by atoms with E-state index >= 15 is 0 Å². The molecule has 34 heavy (non-hydrogen) atoms. The predicted molar refractivity (Wildman–Crippen MR) is 129 cm³/mol. The number of halogens is 1. The lowest BCUT2D eigenvalue weighted by molar-refractivity contribution is 0.0560. The number of likely N-dealkylation sites (N-methyl/N-ethyl adjacent to an activating group) is 1. The minimum absolute atomic E-state index is 0.000960. The van der Waals surface area contributed by atoms with Gasteiger partial charge in [-0.2, -0.15) is 4.31 Å². The van der Waals surface area contributed by atoms with E-state index in [2.05, 4.69) is 0 Å². The lowest BCUT2D eigenvalue weighted by Crippen LogP contribution is -2.50. The van der Waals surface area contributed by atoms with Gasteiger partial charge in [-0.3, -0.25) is 4.79 Å². The van der Waals surface area contributed by atoms with Gasteiger partial charge in [-0.25, -0.2) is 12.8 Å². The maximum absolute atomic E-state index is 14.2. The second-order valence-electron chi connectivity index (χ2n) is 8.61. The van der Waals surface area contributed by atoms with Crippen LogP contribution in [0.1, 0.15) is 36.7 Å². The van der Waals surface area contributed by atoms with E-state index in [9.17, 15) is 22.7 Å². The van der Waals surface area contributed by atoms with E-state index < -0.39 is 33.9 Å². The van der Waals surface area contributed by atoms with Gasteiger partial charge < -0.3 is 14.7 Å². The summed E-state index contributed by atoms with van der Waals surface area (Å²) < 4.78 is 48.6. The second-order valence-corrected chi connectivity index (χ2v) is 10.5. The van der Waals surface area contributed by atoms with Gasteiger partial charge in [-0.15, -0.1) is 0 Å². The van der Waals surface area contributed by atoms with Crippen LogP contribution in [0, 0.1) is 11.7 Å². The lowest BCUT2D eigenvalue weighted by Gasteiger charge is -2.37. The minimum atomic E-state index is -3.94. The summed E-state index contributed by atoms with van der Waals surface area (Å²) in [5.74, 6) is -1.26. The molecule has 0 unspecified atom stereocenters. The van der Waals surface area contributed by atoms with Gasteiger partial charge in [0, 0.05) is 25.6 Å². The number of nitrogens with zero attached hydrogens (tertiary/aromatic N) is 2. The molecule has 1 heterocycles. The molecule has 2 aromatic carbocycles. The summed E-state index contributed by atoms with van der Waals surface area (Å²) in [6, 6.07) is 9.96. The first-order chi connectivity index (χ1) is 16.1. The molecular formula is C25H31FN2O5S. The summed E-state index contributed by atoms with van der Waals surface area (Å²) >= 11 is 0. The van der Waals surface area contributed by atoms with Crippen molar-refractivity contribution in [2.75, 3.05) is 26.7 Å². The normalized spacial score (nSPS) is 21.2. The van der Waals surface area contributed by atoms with Gasteiger partial charge in [0.05, 0.1) is 18.7 Å². The van der Waals surface area contributed by atoms with E-state index in [1.807, 2.05) is 26.0 Å². The van der Waals surface area contributed by atoms with Crippen molar-refractivity contribution in [2.45, 2.75) is 37.8 Å². The fourth-order valence-corrected chi connectivity index (χ4v) is 5.78. The van der Waals surface area contributed by atoms with Crippen molar-refractivity contribution in [3.63, 3.8) is 0 Å². The van der Waals surface area contributed by atoms with Crippen molar-refractivity contribution in [1.82, 2.24) is 9.21 Å². The van der Waals surface area contributed by atoms with Gasteiger partial charge in [-0.05, 0) is 43.7 Å². The van der Waals surface area contributed by atoms with Crippen LogP contribution >= 0.6 is 0 Å². The Morgan fingerprint density at radius 2 is 2.03 bits per heavy atom. The molecule has 1 aliphatic heterocycles. The van der Waals surface area contributed by atoms with Crippen LogP contribution in [0.15, 0.2) is 53.4 Å². The van der Waals surface area contributed by atoms with Crippen LogP contribution in [0.4, 0.5) is 4.39 Å². The fourth-order valence-electron chi connectivity index (χ4n) is 3.95. The zero-order valence-electron chi connectivity index (χ0n) is 19.8. The first-order valence-electron chi connectivity index (χ1n) is 11.2. The van der Waals surface area contributed by atoms with Gasteiger partial charge in [-0.1, -0.05) is 37.3 Å². The Morgan fingerprint density at radius 3 is 2.68 bits per heavy atom. The van der Waals surface area contributed by atoms with Crippen molar-refractivity contribution in [3.05, 3.63) is 65.5 Å². The topological polar surface area (TPSA) is 87.2 Å². The highest BCUT2D eigenvalue weighted by Gasteiger charge is 2.38. The van der Waals surface area contributed by atoms with E-state index in [0.717, 1.165) is 5.56 Å². The molecule has 1 N–H and O–H groups in total. The molecule has 184 valence electrons. The maximum Gasteiger partial charge on any atom is 0.256 e. The largest absolute Gasteiger partial charge is 0.487 e. The molecule has 9 heteroatoms. The van der Waals surface area contributed by atoms with Gasteiger partial charge in [0.1, 0.15) is 22.6 Å². The number of hydrogen-bond acceptors (Lipinski definition) is 5. The van der Waals surface area contributed by atoms with Crippen LogP contribution in [-0.4, -0.2) is 67.5 Å². The van der Waals surface area contributed by atoms with Crippen LogP contribution in [-0.2, 0) is 10.0 Å². The molecule has 1 amide bonds. The number of allylic oxidation sites excluding steroid dienone is 1. The van der Waals surface area contributed by atoms with E-state index in [-0.39, 0.29) is 41.8 Å². The highest BCUT2D eigenvalue weighted by Crippen LogP contribution is 2.34. The van der Waals surface area contributed by atoms with Gasteiger partial charge in [0.15, 0.2) is 0 Å². The zero-order valence-corrected chi connectivity index (χ0v) is 20.6. The molecule has 0 aromatic heterocycles. The van der Waals surface area contributed by atoms with E-state index in [4.69, 9.17) is 4.74 Å². The summed E-state index contributed by atoms with van der Waals surface area (Å²) in [5, 5.41) is 9.73. The third-order valence-electron chi connectivity index (χ3n) is 5.96.